The lowest BCUT2D eigenvalue weighted by Crippen LogP contribution is -2.37. The van der Waals surface area contributed by atoms with Crippen molar-refractivity contribution >= 4 is 23.4 Å². The Balaban J connectivity index is 1.60. The fraction of sp³-hybridized carbons (Fsp3) is 0.278. The number of amides is 1. The molecule has 1 heterocycles. The van der Waals surface area contributed by atoms with Crippen molar-refractivity contribution in [2.75, 3.05) is 16.9 Å². The van der Waals surface area contributed by atoms with Crippen LogP contribution in [0.2, 0.25) is 0 Å². The van der Waals surface area contributed by atoms with Crippen LogP contribution in [0.1, 0.15) is 11.1 Å². The van der Waals surface area contributed by atoms with E-state index in [4.69, 9.17) is 4.74 Å². The highest BCUT2D eigenvalue weighted by Crippen LogP contribution is 2.23. The second-order valence-corrected chi connectivity index (χ2v) is 6.69. The second kappa shape index (κ2) is 7.68. The molecule has 0 radical (unpaired) electrons. The molecule has 1 atom stereocenters. The van der Waals surface area contributed by atoms with E-state index < -0.39 is 0 Å². The van der Waals surface area contributed by atoms with Crippen molar-refractivity contribution in [3.05, 3.63) is 59.4 Å². The molecule has 0 spiro atoms. The van der Waals surface area contributed by atoms with Gasteiger partial charge in [0.15, 0.2) is 0 Å². The van der Waals surface area contributed by atoms with Crippen LogP contribution >= 0.6 is 11.8 Å². The first kappa shape index (κ1) is 16.8. The number of nitrogens with one attached hydrogen (secondary N) is 2. The van der Waals surface area contributed by atoms with Crippen molar-refractivity contribution in [2.45, 2.75) is 19.6 Å². The first-order valence-electron chi connectivity index (χ1n) is 7.72. The summed E-state index contributed by atoms with van der Waals surface area (Å²) in [6.07, 6.45) is 0. The second-order valence-electron chi connectivity index (χ2n) is 5.66. The molecule has 1 amide bonds. The molecule has 4 nitrogen and oxygen atoms in total. The topological polar surface area (TPSA) is 50.4 Å². The Kier molecular flexibility index (Phi) is 5.37. The molecule has 2 aromatic rings. The lowest BCUT2D eigenvalue weighted by atomic mass is 10.1. The molecule has 1 aliphatic heterocycles. The largest absolute Gasteiger partial charge is 0.489 e. The maximum absolute atomic E-state index is 13.2. The van der Waals surface area contributed by atoms with Gasteiger partial charge in [0.05, 0.1) is 6.04 Å². The third-order valence-electron chi connectivity index (χ3n) is 3.78. The maximum Gasteiger partial charge on any atom is 0.242 e. The van der Waals surface area contributed by atoms with E-state index in [1.165, 1.54) is 12.1 Å². The van der Waals surface area contributed by atoms with Crippen LogP contribution in [0, 0.1) is 12.7 Å². The van der Waals surface area contributed by atoms with Gasteiger partial charge >= 0.3 is 0 Å². The van der Waals surface area contributed by atoms with Crippen molar-refractivity contribution in [1.82, 2.24) is 5.32 Å². The number of anilines is 1. The standard InChI is InChI=1S/C18H19FN2O2S/c1-12-7-15(23-9-13-3-2-4-14(19)8-13)5-6-16(12)21-18(22)17-10-24-11-20-17/h2-8,17,20H,9-11H2,1H3,(H,21,22)/t17-/m1/s1. The molecule has 1 fully saturated rings. The Morgan fingerprint density at radius 2 is 2.25 bits per heavy atom. The number of aryl methyl sites for hydroxylation is 1. The molecule has 3 rings (SSSR count). The first-order chi connectivity index (χ1) is 11.6. The summed E-state index contributed by atoms with van der Waals surface area (Å²) < 4.78 is 18.8. The minimum atomic E-state index is -0.274. The summed E-state index contributed by atoms with van der Waals surface area (Å²) in [5, 5.41) is 6.09. The SMILES string of the molecule is Cc1cc(OCc2cccc(F)c2)ccc1NC(=O)[C@H]1CSCN1. The molecule has 24 heavy (non-hydrogen) atoms. The molecule has 0 aliphatic carbocycles. The highest BCUT2D eigenvalue weighted by Gasteiger charge is 2.22. The highest BCUT2D eigenvalue weighted by atomic mass is 32.2. The minimum absolute atomic E-state index is 0.0171. The third-order valence-corrected chi connectivity index (χ3v) is 4.72. The Morgan fingerprint density at radius 1 is 1.38 bits per heavy atom. The summed E-state index contributed by atoms with van der Waals surface area (Å²) in [5.41, 5.74) is 2.47. The van der Waals surface area contributed by atoms with Crippen LogP contribution in [-0.4, -0.2) is 23.6 Å². The third kappa shape index (κ3) is 4.27. The molecular formula is C18H19FN2O2S. The number of benzene rings is 2. The molecule has 0 saturated carbocycles. The predicted octanol–water partition coefficient (Wildman–Crippen LogP) is 3.31. The van der Waals surface area contributed by atoms with Gasteiger partial charge in [0, 0.05) is 17.3 Å². The van der Waals surface area contributed by atoms with E-state index in [0.717, 1.165) is 28.4 Å². The van der Waals surface area contributed by atoms with Gasteiger partial charge in [0.2, 0.25) is 5.91 Å². The van der Waals surface area contributed by atoms with E-state index in [9.17, 15) is 9.18 Å². The lowest BCUT2D eigenvalue weighted by Gasteiger charge is -2.14. The quantitative estimate of drug-likeness (QED) is 0.872. The van der Waals surface area contributed by atoms with Gasteiger partial charge in [0.1, 0.15) is 18.2 Å². The molecule has 0 unspecified atom stereocenters. The molecule has 0 aromatic heterocycles. The van der Waals surface area contributed by atoms with Crippen molar-refractivity contribution < 1.29 is 13.9 Å². The van der Waals surface area contributed by atoms with Crippen molar-refractivity contribution in [3.63, 3.8) is 0 Å². The maximum atomic E-state index is 13.2. The summed E-state index contributed by atoms with van der Waals surface area (Å²) >= 11 is 1.71. The van der Waals surface area contributed by atoms with Gasteiger partial charge in [-0.2, -0.15) is 0 Å². The summed E-state index contributed by atoms with van der Waals surface area (Å²) in [7, 11) is 0. The number of hydrogen-bond donors (Lipinski definition) is 2. The molecular weight excluding hydrogens is 327 g/mol. The number of carbonyl (C=O) groups is 1. The van der Waals surface area contributed by atoms with Gasteiger partial charge in [-0.15, -0.1) is 11.8 Å². The monoisotopic (exact) mass is 346 g/mol. The molecule has 6 heteroatoms. The van der Waals surface area contributed by atoms with Crippen LogP contribution in [0.4, 0.5) is 10.1 Å². The molecule has 1 saturated heterocycles. The molecule has 1 aliphatic rings. The summed E-state index contributed by atoms with van der Waals surface area (Å²) in [6.45, 7) is 2.22. The Labute approximate surface area is 144 Å². The number of halogens is 1. The van der Waals surface area contributed by atoms with Gasteiger partial charge in [-0.05, 0) is 48.4 Å². The van der Waals surface area contributed by atoms with E-state index >= 15 is 0 Å². The molecule has 0 bridgehead atoms. The van der Waals surface area contributed by atoms with Crippen LogP contribution in [0.5, 0.6) is 5.75 Å². The van der Waals surface area contributed by atoms with Gasteiger partial charge in [-0.1, -0.05) is 12.1 Å². The van der Waals surface area contributed by atoms with Crippen LogP contribution < -0.4 is 15.4 Å². The van der Waals surface area contributed by atoms with Gasteiger partial charge in [-0.3, -0.25) is 10.1 Å². The smallest absolute Gasteiger partial charge is 0.242 e. The van der Waals surface area contributed by atoms with E-state index in [1.807, 2.05) is 25.1 Å². The number of hydrogen-bond acceptors (Lipinski definition) is 4. The van der Waals surface area contributed by atoms with E-state index in [2.05, 4.69) is 10.6 Å². The number of carbonyl (C=O) groups excluding carboxylic acids is 1. The van der Waals surface area contributed by atoms with Gasteiger partial charge < -0.3 is 10.1 Å². The summed E-state index contributed by atoms with van der Waals surface area (Å²) in [6, 6.07) is 11.7. The van der Waals surface area contributed by atoms with Gasteiger partial charge in [-0.25, -0.2) is 4.39 Å². The fourth-order valence-corrected chi connectivity index (χ4v) is 3.38. The number of ether oxygens (including phenoxy) is 1. The zero-order valence-electron chi connectivity index (χ0n) is 13.3. The zero-order valence-corrected chi connectivity index (χ0v) is 14.2. The average molecular weight is 346 g/mol. The summed E-state index contributed by atoms with van der Waals surface area (Å²) in [5.74, 6) is 1.99. The van der Waals surface area contributed by atoms with Crippen LogP contribution in [-0.2, 0) is 11.4 Å². The number of rotatable bonds is 5. The zero-order chi connectivity index (χ0) is 16.9. The van der Waals surface area contributed by atoms with Crippen LogP contribution in [0.15, 0.2) is 42.5 Å². The van der Waals surface area contributed by atoms with Crippen molar-refractivity contribution in [1.29, 1.82) is 0 Å². The Bertz CT molecular complexity index is 733. The van der Waals surface area contributed by atoms with E-state index in [-0.39, 0.29) is 17.8 Å². The molecule has 2 N–H and O–H groups in total. The predicted molar refractivity (Wildman–Crippen MR) is 94.8 cm³/mol. The molecule has 126 valence electrons. The minimum Gasteiger partial charge on any atom is -0.489 e. The van der Waals surface area contributed by atoms with Gasteiger partial charge in [0.25, 0.3) is 0 Å². The van der Waals surface area contributed by atoms with Crippen LogP contribution in [0.25, 0.3) is 0 Å². The number of thioether (sulfide) groups is 1. The highest BCUT2D eigenvalue weighted by molar-refractivity contribution is 7.99. The Hall–Kier alpha value is -2.05. The van der Waals surface area contributed by atoms with Crippen molar-refractivity contribution in [2.24, 2.45) is 0 Å². The lowest BCUT2D eigenvalue weighted by molar-refractivity contribution is -0.117. The average Bonchev–Trinajstić information content (AvgIpc) is 3.10. The van der Waals surface area contributed by atoms with Crippen LogP contribution in [0.3, 0.4) is 0 Å². The fourth-order valence-electron chi connectivity index (χ4n) is 2.44. The van der Waals surface area contributed by atoms with Crippen molar-refractivity contribution in [3.8, 4) is 5.75 Å². The molecule has 2 aromatic carbocycles. The van der Waals surface area contributed by atoms with E-state index in [1.54, 1.807) is 23.9 Å². The Morgan fingerprint density at radius 3 is 2.96 bits per heavy atom. The normalized spacial score (nSPS) is 16.8. The van der Waals surface area contributed by atoms with E-state index in [0.29, 0.717) is 12.4 Å². The summed E-state index contributed by atoms with van der Waals surface area (Å²) in [4.78, 5) is 12.1. The first-order valence-corrected chi connectivity index (χ1v) is 8.87.